The molecule has 0 spiro atoms. The normalized spacial score (nSPS) is 10.7. The second kappa shape index (κ2) is 6.68. The molecule has 0 fully saturated rings. The number of oxazole rings is 1. The average molecular weight is 360 g/mol. The van der Waals surface area contributed by atoms with Gasteiger partial charge in [0.2, 0.25) is 5.89 Å². The molecule has 0 aliphatic heterocycles. The van der Waals surface area contributed by atoms with Crippen molar-refractivity contribution in [1.82, 2.24) is 9.97 Å². The van der Waals surface area contributed by atoms with Crippen molar-refractivity contribution in [2.24, 2.45) is 0 Å². The van der Waals surface area contributed by atoms with E-state index in [1.807, 2.05) is 0 Å². The summed E-state index contributed by atoms with van der Waals surface area (Å²) in [5.74, 6) is 0.0911. The van der Waals surface area contributed by atoms with E-state index in [1.165, 1.54) is 24.3 Å². The van der Waals surface area contributed by atoms with E-state index in [1.54, 1.807) is 42.7 Å². The predicted octanol–water partition coefficient (Wildman–Crippen LogP) is 4.05. The van der Waals surface area contributed by atoms with Crippen LogP contribution in [-0.4, -0.2) is 20.8 Å². The van der Waals surface area contributed by atoms with Gasteiger partial charge in [0.05, 0.1) is 4.92 Å². The largest absolute Gasteiger partial charge is 0.436 e. The lowest BCUT2D eigenvalue weighted by molar-refractivity contribution is -0.384. The summed E-state index contributed by atoms with van der Waals surface area (Å²) in [5, 5.41) is 13.4. The van der Waals surface area contributed by atoms with Gasteiger partial charge >= 0.3 is 0 Å². The molecular weight excluding hydrogens is 348 g/mol. The van der Waals surface area contributed by atoms with Gasteiger partial charge in [0.25, 0.3) is 11.6 Å². The van der Waals surface area contributed by atoms with E-state index in [-0.39, 0.29) is 11.6 Å². The van der Waals surface area contributed by atoms with Crippen LogP contribution in [-0.2, 0) is 0 Å². The van der Waals surface area contributed by atoms with Crippen molar-refractivity contribution in [3.8, 4) is 11.5 Å². The number of pyridine rings is 1. The van der Waals surface area contributed by atoms with Crippen LogP contribution in [0.1, 0.15) is 10.4 Å². The van der Waals surface area contributed by atoms with E-state index in [0.29, 0.717) is 28.2 Å². The first kappa shape index (κ1) is 16.4. The van der Waals surface area contributed by atoms with Gasteiger partial charge < -0.3 is 9.73 Å². The lowest BCUT2D eigenvalue weighted by Crippen LogP contribution is -2.11. The van der Waals surface area contributed by atoms with Crippen LogP contribution in [0, 0.1) is 10.1 Å². The molecular formula is C19H12N4O4. The van der Waals surface area contributed by atoms with Crippen LogP contribution >= 0.6 is 0 Å². The molecule has 4 rings (SSSR count). The molecule has 0 atom stereocenters. The number of nitrogens with one attached hydrogen (secondary N) is 1. The summed E-state index contributed by atoms with van der Waals surface area (Å²) in [5.41, 5.74) is 2.79. The van der Waals surface area contributed by atoms with Crippen LogP contribution in [0.2, 0.25) is 0 Å². The van der Waals surface area contributed by atoms with Gasteiger partial charge in [-0.3, -0.25) is 19.9 Å². The SMILES string of the molecule is O=C(Nc1ccc2oc(-c3ccncc3)nc2c1)c1ccc([N+](=O)[O-])cc1. The number of non-ortho nitro benzene ring substituents is 1. The monoisotopic (exact) mass is 360 g/mol. The van der Waals surface area contributed by atoms with E-state index < -0.39 is 4.92 Å². The minimum absolute atomic E-state index is 0.0702. The highest BCUT2D eigenvalue weighted by Crippen LogP contribution is 2.26. The smallest absolute Gasteiger partial charge is 0.269 e. The fourth-order valence-electron chi connectivity index (χ4n) is 2.56. The zero-order chi connectivity index (χ0) is 18.8. The molecule has 8 heteroatoms. The number of fused-ring (bicyclic) bond motifs is 1. The Morgan fingerprint density at radius 1 is 1.04 bits per heavy atom. The van der Waals surface area contributed by atoms with Crippen LogP contribution in [0.3, 0.4) is 0 Å². The fourth-order valence-corrected chi connectivity index (χ4v) is 2.56. The maximum absolute atomic E-state index is 12.3. The molecule has 8 nitrogen and oxygen atoms in total. The first-order valence-electron chi connectivity index (χ1n) is 7.97. The third-order valence-electron chi connectivity index (χ3n) is 3.91. The topological polar surface area (TPSA) is 111 Å². The van der Waals surface area contributed by atoms with Crippen molar-refractivity contribution in [2.75, 3.05) is 5.32 Å². The van der Waals surface area contributed by atoms with Crippen molar-refractivity contribution < 1.29 is 14.1 Å². The predicted molar refractivity (Wildman–Crippen MR) is 98.3 cm³/mol. The minimum atomic E-state index is -0.513. The Labute approximate surface area is 152 Å². The van der Waals surface area contributed by atoms with E-state index in [0.717, 1.165) is 5.56 Å². The molecule has 1 N–H and O–H groups in total. The van der Waals surface area contributed by atoms with Gasteiger partial charge in [0.15, 0.2) is 5.58 Å². The van der Waals surface area contributed by atoms with Crippen molar-refractivity contribution in [1.29, 1.82) is 0 Å². The highest BCUT2D eigenvalue weighted by Gasteiger charge is 2.12. The molecule has 0 bridgehead atoms. The number of amides is 1. The Hall–Kier alpha value is -4.07. The number of carbonyl (C=O) groups is 1. The van der Waals surface area contributed by atoms with Crippen LogP contribution in [0.4, 0.5) is 11.4 Å². The zero-order valence-electron chi connectivity index (χ0n) is 13.8. The number of hydrogen-bond acceptors (Lipinski definition) is 6. The van der Waals surface area contributed by atoms with Crippen molar-refractivity contribution in [2.45, 2.75) is 0 Å². The van der Waals surface area contributed by atoms with Crippen molar-refractivity contribution in [3.63, 3.8) is 0 Å². The van der Waals surface area contributed by atoms with E-state index in [2.05, 4.69) is 15.3 Å². The Morgan fingerprint density at radius 3 is 2.48 bits per heavy atom. The maximum atomic E-state index is 12.3. The molecule has 2 aromatic heterocycles. The Morgan fingerprint density at radius 2 is 1.78 bits per heavy atom. The first-order chi connectivity index (χ1) is 13.1. The first-order valence-corrected chi connectivity index (χ1v) is 7.97. The summed E-state index contributed by atoms with van der Waals surface area (Å²) >= 11 is 0. The molecule has 132 valence electrons. The molecule has 4 aromatic rings. The Kier molecular flexibility index (Phi) is 4.06. The standard InChI is InChI=1S/C19H12N4O4/c24-18(12-1-4-15(5-2-12)23(25)26)21-14-3-6-17-16(11-14)22-19(27-17)13-7-9-20-10-8-13/h1-11H,(H,21,24). The summed E-state index contributed by atoms with van der Waals surface area (Å²) in [6.45, 7) is 0. The van der Waals surface area contributed by atoms with Crippen LogP contribution in [0.15, 0.2) is 71.4 Å². The molecule has 2 aromatic carbocycles. The summed E-state index contributed by atoms with van der Waals surface area (Å²) in [4.78, 5) is 30.9. The number of anilines is 1. The molecule has 0 saturated heterocycles. The number of benzene rings is 2. The molecule has 0 aliphatic rings. The number of nitro benzene ring substituents is 1. The molecule has 1 amide bonds. The molecule has 27 heavy (non-hydrogen) atoms. The summed E-state index contributed by atoms with van der Waals surface area (Å²) in [7, 11) is 0. The van der Waals surface area contributed by atoms with E-state index in [9.17, 15) is 14.9 Å². The number of nitrogens with zero attached hydrogens (tertiary/aromatic N) is 3. The summed E-state index contributed by atoms with van der Waals surface area (Å²) < 4.78 is 5.72. The molecule has 0 radical (unpaired) electrons. The third kappa shape index (κ3) is 3.36. The Bertz CT molecular complexity index is 1140. The molecule has 0 unspecified atom stereocenters. The zero-order valence-corrected chi connectivity index (χ0v) is 13.8. The van der Waals surface area contributed by atoms with Gasteiger partial charge in [0.1, 0.15) is 5.52 Å². The van der Waals surface area contributed by atoms with E-state index >= 15 is 0 Å². The average Bonchev–Trinajstić information content (AvgIpc) is 3.12. The second-order valence-corrected chi connectivity index (χ2v) is 5.70. The highest BCUT2D eigenvalue weighted by atomic mass is 16.6. The van der Waals surface area contributed by atoms with Gasteiger partial charge in [-0.25, -0.2) is 4.98 Å². The minimum Gasteiger partial charge on any atom is -0.436 e. The molecule has 2 heterocycles. The van der Waals surface area contributed by atoms with Gasteiger partial charge in [-0.2, -0.15) is 0 Å². The van der Waals surface area contributed by atoms with Crippen LogP contribution in [0.25, 0.3) is 22.6 Å². The van der Waals surface area contributed by atoms with Gasteiger partial charge in [-0.1, -0.05) is 0 Å². The Balaban J connectivity index is 1.57. The lowest BCUT2D eigenvalue weighted by atomic mass is 10.2. The number of nitro groups is 1. The maximum Gasteiger partial charge on any atom is 0.269 e. The summed E-state index contributed by atoms with van der Waals surface area (Å²) in [6, 6.07) is 14.1. The quantitative estimate of drug-likeness (QED) is 0.434. The number of carbonyl (C=O) groups excluding carboxylic acids is 1. The summed E-state index contributed by atoms with van der Waals surface area (Å²) in [6.07, 6.45) is 3.31. The van der Waals surface area contributed by atoms with Crippen molar-refractivity contribution >= 4 is 28.4 Å². The van der Waals surface area contributed by atoms with E-state index in [4.69, 9.17) is 4.42 Å². The highest BCUT2D eigenvalue weighted by molar-refractivity contribution is 6.05. The van der Waals surface area contributed by atoms with Gasteiger partial charge in [-0.15, -0.1) is 0 Å². The van der Waals surface area contributed by atoms with Crippen LogP contribution in [0.5, 0.6) is 0 Å². The number of hydrogen-bond donors (Lipinski definition) is 1. The molecule has 0 saturated carbocycles. The van der Waals surface area contributed by atoms with Crippen LogP contribution < -0.4 is 5.32 Å². The number of rotatable bonds is 4. The second-order valence-electron chi connectivity index (χ2n) is 5.70. The lowest BCUT2D eigenvalue weighted by Gasteiger charge is -2.04. The number of aromatic nitrogens is 2. The fraction of sp³-hybridized carbons (Fsp3) is 0. The van der Waals surface area contributed by atoms with Gasteiger partial charge in [0, 0.05) is 41.3 Å². The van der Waals surface area contributed by atoms with Crippen molar-refractivity contribution in [3.05, 3.63) is 82.7 Å². The molecule has 0 aliphatic carbocycles. The third-order valence-corrected chi connectivity index (χ3v) is 3.91. The van der Waals surface area contributed by atoms with Gasteiger partial charge in [-0.05, 0) is 42.5 Å².